The molecule has 2 aromatic rings. The topological polar surface area (TPSA) is 89.3 Å². The molecule has 2 N–H and O–H groups in total. The molecule has 8 heteroatoms. The Bertz CT molecular complexity index is 704. The summed E-state index contributed by atoms with van der Waals surface area (Å²) in [6.45, 7) is 4.95. The molecule has 128 valence electrons. The number of hydrogen-bond acceptors (Lipinski definition) is 6. The van der Waals surface area contributed by atoms with Gasteiger partial charge in [-0.15, -0.1) is 0 Å². The van der Waals surface area contributed by atoms with Crippen LogP contribution >= 0.6 is 15.9 Å². The molecular formula is C16H19BrN4O3. The van der Waals surface area contributed by atoms with Crippen molar-refractivity contribution in [3.63, 3.8) is 0 Å². The normalized spacial score (nSPS) is 22.1. The summed E-state index contributed by atoms with van der Waals surface area (Å²) in [5.74, 6) is 0.717. The Morgan fingerprint density at radius 2 is 2.17 bits per heavy atom. The molecule has 0 bridgehead atoms. The Labute approximate surface area is 148 Å². The van der Waals surface area contributed by atoms with Crippen molar-refractivity contribution >= 4 is 21.8 Å². The SMILES string of the molecule is CC(NC(=O)[C@H]1NCCO[C@@H]1C)c1nc(-c2ccc(Br)cc2)no1. The van der Waals surface area contributed by atoms with Gasteiger partial charge in [-0.3, -0.25) is 4.79 Å². The van der Waals surface area contributed by atoms with Crippen molar-refractivity contribution in [3.8, 4) is 11.4 Å². The zero-order valence-electron chi connectivity index (χ0n) is 13.5. The Morgan fingerprint density at radius 1 is 1.42 bits per heavy atom. The van der Waals surface area contributed by atoms with Gasteiger partial charge in [0.05, 0.1) is 12.7 Å². The fourth-order valence-corrected chi connectivity index (χ4v) is 2.78. The first kappa shape index (κ1) is 17.1. The largest absolute Gasteiger partial charge is 0.375 e. The highest BCUT2D eigenvalue weighted by Crippen LogP contribution is 2.21. The van der Waals surface area contributed by atoms with Crippen molar-refractivity contribution in [1.82, 2.24) is 20.8 Å². The maximum absolute atomic E-state index is 12.4. The molecule has 1 aromatic heterocycles. The zero-order valence-corrected chi connectivity index (χ0v) is 15.0. The van der Waals surface area contributed by atoms with Gasteiger partial charge in [-0.1, -0.05) is 21.1 Å². The summed E-state index contributed by atoms with van der Waals surface area (Å²) in [5.41, 5.74) is 0.850. The minimum absolute atomic E-state index is 0.141. The third kappa shape index (κ3) is 3.82. The molecule has 0 saturated carbocycles. The number of ether oxygens (including phenoxy) is 1. The molecule has 7 nitrogen and oxygen atoms in total. The van der Waals surface area contributed by atoms with E-state index in [2.05, 4.69) is 36.7 Å². The maximum atomic E-state index is 12.4. The van der Waals surface area contributed by atoms with Crippen molar-refractivity contribution in [2.24, 2.45) is 0 Å². The highest BCUT2D eigenvalue weighted by Gasteiger charge is 2.30. The molecule has 1 aliphatic heterocycles. The summed E-state index contributed by atoms with van der Waals surface area (Å²) in [5, 5.41) is 10.0. The number of carbonyl (C=O) groups is 1. The molecule has 0 radical (unpaired) electrons. The summed E-state index contributed by atoms with van der Waals surface area (Å²) < 4.78 is 11.8. The molecule has 1 unspecified atom stereocenters. The number of rotatable bonds is 4. The predicted octanol–water partition coefficient (Wildman–Crippen LogP) is 2.05. The summed E-state index contributed by atoms with van der Waals surface area (Å²) in [6, 6.07) is 6.85. The number of nitrogens with one attached hydrogen (secondary N) is 2. The van der Waals surface area contributed by atoms with Crippen molar-refractivity contribution in [2.45, 2.75) is 32.0 Å². The smallest absolute Gasteiger partial charge is 0.249 e. The van der Waals surface area contributed by atoms with E-state index in [0.717, 1.165) is 10.0 Å². The fraction of sp³-hybridized carbons (Fsp3) is 0.438. The quantitative estimate of drug-likeness (QED) is 0.824. The average molecular weight is 395 g/mol. The van der Waals surface area contributed by atoms with Gasteiger partial charge in [0.2, 0.25) is 17.6 Å². The van der Waals surface area contributed by atoms with Gasteiger partial charge >= 0.3 is 0 Å². The lowest BCUT2D eigenvalue weighted by molar-refractivity contribution is -0.129. The monoisotopic (exact) mass is 394 g/mol. The van der Waals surface area contributed by atoms with E-state index in [9.17, 15) is 4.79 Å². The van der Waals surface area contributed by atoms with Gasteiger partial charge in [0.1, 0.15) is 12.1 Å². The van der Waals surface area contributed by atoms with Gasteiger partial charge in [0.15, 0.2) is 0 Å². The summed E-state index contributed by atoms with van der Waals surface area (Å²) >= 11 is 3.39. The van der Waals surface area contributed by atoms with Crippen LogP contribution in [-0.2, 0) is 9.53 Å². The minimum Gasteiger partial charge on any atom is -0.375 e. The Morgan fingerprint density at radius 3 is 2.88 bits per heavy atom. The van der Waals surface area contributed by atoms with Crippen LogP contribution in [-0.4, -0.2) is 41.3 Å². The van der Waals surface area contributed by atoms with Crippen LogP contribution in [0.25, 0.3) is 11.4 Å². The second-order valence-corrected chi connectivity index (χ2v) is 6.62. The highest BCUT2D eigenvalue weighted by atomic mass is 79.9. The zero-order chi connectivity index (χ0) is 17.1. The van der Waals surface area contributed by atoms with Crippen LogP contribution in [0.15, 0.2) is 33.3 Å². The van der Waals surface area contributed by atoms with Crippen LogP contribution in [0.1, 0.15) is 25.8 Å². The minimum atomic E-state index is -0.384. The van der Waals surface area contributed by atoms with Gasteiger partial charge in [0.25, 0.3) is 0 Å². The molecule has 1 aromatic carbocycles. The molecule has 1 aliphatic rings. The summed E-state index contributed by atoms with van der Waals surface area (Å²) in [7, 11) is 0. The number of carbonyl (C=O) groups excluding carboxylic acids is 1. The van der Waals surface area contributed by atoms with E-state index >= 15 is 0 Å². The van der Waals surface area contributed by atoms with E-state index in [1.807, 2.05) is 38.1 Å². The van der Waals surface area contributed by atoms with Crippen LogP contribution in [0.4, 0.5) is 0 Å². The lowest BCUT2D eigenvalue weighted by atomic mass is 10.1. The first-order valence-corrected chi connectivity index (χ1v) is 8.59. The van der Waals surface area contributed by atoms with Gasteiger partial charge in [-0.05, 0) is 38.1 Å². The third-order valence-electron chi connectivity index (χ3n) is 3.87. The van der Waals surface area contributed by atoms with Gasteiger partial charge in [-0.25, -0.2) is 0 Å². The van der Waals surface area contributed by atoms with Crippen LogP contribution in [0, 0.1) is 0 Å². The van der Waals surface area contributed by atoms with E-state index in [-0.39, 0.29) is 24.1 Å². The lowest BCUT2D eigenvalue weighted by Gasteiger charge is -2.29. The number of halogens is 1. The third-order valence-corrected chi connectivity index (χ3v) is 4.40. The molecule has 3 rings (SSSR count). The van der Waals surface area contributed by atoms with E-state index in [0.29, 0.717) is 24.9 Å². The molecule has 1 amide bonds. The van der Waals surface area contributed by atoms with Gasteiger partial charge < -0.3 is 19.9 Å². The van der Waals surface area contributed by atoms with E-state index in [1.54, 1.807) is 0 Å². The Kier molecular flexibility index (Phi) is 5.27. The van der Waals surface area contributed by atoms with Gasteiger partial charge in [-0.2, -0.15) is 4.98 Å². The highest BCUT2D eigenvalue weighted by molar-refractivity contribution is 9.10. The maximum Gasteiger partial charge on any atom is 0.249 e. The number of amides is 1. The van der Waals surface area contributed by atoms with E-state index in [1.165, 1.54) is 0 Å². The number of hydrogen-bond donors (Lipinski definition) is 2. The van der Waals surface area contributed by atoms with Crippen molar-refractivity contribution in [2.75, 3.05) is 13.2 Å². The molecular weight excluding hydrogens is 376 g/mol. The standard InChI is InChI=1S/C16H19BrN4O3/c1-9(19-15(22)13-10(2)23-8-7-18-13)16-20-14(21-24-16)11-3-5-12(17)6-4-11/h3-6,9-10,13,18H,7-8H2,1-2H3,(H,19,22)/t9?,10-,13+/m1/s1. The number of benzene rings is 1. The van der Waals surface area contributed by atoms with Crippen LogP contribution in [0.2, 0.25) is 0 Å². The Balaban J connectivity index is 1.66. The van der Waals surface area contributed by atoms with E-state index < -0.39 is 0 Å². The summed E-state index contributed by atoms with van der Waals surface area (Å²) in [4.78, 5) is 16.7. The van der Waals surface area contributed by atoms with Crippen molar-refractivity contribution < 1.29 is 14.1 Å². The summed E-state index contributed by atoms with van der Waals surface area (Å²) in [6.07, 6.45) is -0.174. The van der Waals surface area contributed by atoms with Crippen LogP contribution < -0.4 is 10.6 Å². The fourth-order valence-electron chi connectivity index (χ4n) is 2.52. The van der Waals surface area contributed by atoms with Gasteiger partial charge in [0, 0.05) is 16.6 Å². The molecule has 0 spiro atoms. The van der Waals surface area contributed by atoms with E-state index in [4.69, 9.17) is 9.26 Å². The predicted molar refractivity (Wildman–Crippen MR) is 91.2 cm³/mol. The van der Waals surface area contributed by atoms with Crippen molar-refractivity contribution in [3.05, 3.63) is 34.6 Å². The first-order chi connectivity index (χ1) is 11.5. The molecule has 1 fully saturated rings. The number of morpholine rings is 1. The average Bonchev–Trinajstić information content (AvgIpc) is 3.06. The van der Waals surface area contributed by atoms with Crippen molar-refractivity contribution in [1.29, 1.82) is 0 Å². The molecule has 1 saturated heterocycles. The second kappa shape index (κ2) is 7.42. The van der Waals surface area contributed by atoms with Crippen LogP contribution in [0.5, 0.6) is 0 Å². The molecule has 2 heterocycles. The molecule has 0 aliphatic carbocycles. The number of aromatic nitrogens is 2. The first-order valence-electron chi connectivity index (χ1n) is 7.79. The lowest BCUT2D eigenvalue weighted by Crippen LogP contribution is -2.55. The number of nitrogens with zero attached hydrogens (tertiary/aromatic N) is 2. The van der Waals surface area contributed by atoms with Crippen LogP contribution in [0.3, 0.4) is 0 Å². The second-order valence-electron chi connectivity index (χ2n) is 5.70. The Hall–Kier alpha value is -1.77. The molecule has 24 heavy (non-hydrogen) atoms. The molecule has 3 atom stereocenters.